The number of amides is 2. The van der Waals surface area contributed by atoms with Crippen molar-refractivity contribution in [1.82, 2.24) is 5.32 Å². The Balaban J connectivity index is 1.63. The largest absolute Gasteiger partial charge is 0.325 e. The van der Waals surface area contributed by atoms with E-state index in [0.29, 0.717) is 17.5 Å². The first-order chi connectivity index (χ1) is 12.0. The van der Waals surface area contributed by atoms with E-state index in [1.54, 1.807) is 12.2 Å². The molecule has 0 radical (unpaired) electrons. The van der Waals surface area contributed by atoms with Crippen molar-refractivity contribution in [3.63, 3.8) is 0 Å². The minimum Gasteiger partial charge on any atom is -0.325 e. The van der Waals surface area contributed by atoms with E-state index >= 15 is 0 Å². The maximum atomic E-state index is 13.7. The summed E-state index contributed by atoms with van der Waals surface area (Å²) in [4.78, 5) is 28.2. The second-order valence-electron chi connectivity index (χ2n) is 6.21. The summed E-state index contributed by atoms with van der Waals surface area (Å²) in [5.41, 5.74) is 2.69. The molecule has 2 aliphatic carbocycles. The van der Waals surface area contributed by atoms with Gasteiger partial charge in [-0.25, -0.2) is 13.8 Å². The standard InChI is InChI=1S/C19H14F2N2O2/c20-10-4-6-15(16(21)8-10)19(25)22-11-5-7-13-12-2-1-3-14(12)18(24)23-17(13)9-11/h4-9,13H,1-3H2,(H,23,24). The Kier molecular flexibility index (Phi) is 3.67. The van der Waals surface area contributed by atoms with Crippen molar-refractivity contribution in [3.8, 4) is 0 Å². The fraction of sp³-hybridized carbons (Fsp3) is 0.211. The van der Waals surface area contributed by atoms with Gasteiger partial charge >= 0.3 is 0 Å². The Bertz CT molecular complexity index is 925. The average Bonchev–Trinajstić information content (AvgIpc) is 3.05. The summed E-state index contributed by atoms with van der Waals surface area (Å²) < 4.78 is 26.6. The lowest BCUT2D eigenvalue weighted by molar-refractivity contribution is -0.117. The Hall–Kier alpha value is -2.89. The average molecular weight is 340 g/mol. The summed E-state index contributed by atoms with van der Waals surface area (Å²) in [6.07, 6.45) is 7.86. The number of rotatable bonds is 1. The summed E-state index contributed by atoms with van der Waals surface area (Å²) in [5.74, 6) is -2.59. The number of fused-ring (bicyclic) bond motifs is 2. The second kappa shape index (κ2) is 5.88. The molecule has 25 heavy (non-hydrogen) atoms. The van der Waals surface area contributed by atoms with Gasteiger partial charge in [-0.1, -0.05) is 6.08 Å². The van der Waals surface area contributed by atoms with Gasteiger partial charge < -0.3 is 5.32 Å². The third kappa shape index (κ3) is 2.73. The van der Waals surface area contributed by atoms with Gasteiger partial charge in [0.1, 0.15) is 11.6 Å². The molecule has 0 fully saturated rings. The molecule has 0 spiro atoms. The molecular formula is C19H14F2N2O2. The molecule has 2 amide bonds. The second-order valence-corrected chi connectivity index (χ2v) is 6.21. The monoisotopic (exact) mass is 340 g/mol. The normalized spacial score (nSPS) is 23.3. The molecule has 126 valence electrons. The van der Waals surface area contributed by atoms with Gasteiger partial charge in [0.05, 0.1) is 11.3 Å². The molecule has 1 N–H and O–H groups in total. The molecule has 1 aromatic carbocycles. The number of hydrogen-bond donors (Lipinski definition) is 1. The lowest BCUT2D eigenvalue weighted by atomic mass is 9.85. The van der Waals surface area contributed by atoms with Gasteiger partial charge in [-0.15, -0.1) is 0 Å². The lowest BCUT2D eigenvalue weighted by Gasteiger charge is -2.28. The Morgan fingerprint density at radius 1 is 1.24 bits per heavy atom. The van der Waals surface area contributed by atoms with Gasteiger partial charge in [-0.3, -0.25) is 9.59 Å². The fourth-order valence-corrected chi connectivity index (χ4v) is 3.50. The minimum atomic E-state index is -0.952. The van der Waals surface area contributed by atoms with Gasteiger partial charge in [-0.05, 0) is 49.1 Å². The van der Waals surface area contributed by atoms with Crippen LogP contribution in [0.25, 0.3) is 0 Å². The van der Waals surface area contributed by atoms with Gasteiger partial charge in [0.2, 0.25) is 0 Å². The molecule has 6 heteroatoms. The van der Waals surface area contributed by atoms with Crippen molar-refractivity contribution in [2.24, 2.45) is 10.9 Å². The van der Waals surface area contributed by atoms with Crippen LogP contribution in [0.3, 0.4) is 0 Å². The molecule has 3 aliphatic rings. The van der Waals surface area contributed by atoms with Crippen LogP contribution in [-0.4, -0.2) is 17.5 Å². The third-order valence-corrected chi connectivity index (χ3v) is 4.66. The van der Waals surface area contributed by atoms with Crippen molar-refractivity contribution in [3.05, 3.63) is 70.5 Å². The van der Waals surface area contributed by atoms with Crippen LogP contribution >= 0.6 is 0 Å². The Morgan fingerprint density at radius 2 is 2.08 bits per heavy atom. The zero-order valence-corrected chi connectivity index (χ0v) is 13.2. The van der Waals surface area contributed by atoms with E-state index in [2.05, 4.69) is 10.3 Å². The molecule has 1 unspecified atom stereocenters. The zero-order valence-electron chi connectivity index (χ0n) is 13.2. The van der Waals surface area contributed by atoms with Crippen LogP contribution in [0.1, 0.15) is 29.6 Å². The molecule has 1 aliphatic heterocycles. The van der Waals surface area contributed by atoms with Crippen LogP contribution < -0.4 is 5.32 Å². The van der Waals surface area contributed by atoms with Crippen molar-refractivity contribution in [1.29, 1.82) is 0 Å². The summed E-state index contributed by atoms with van der Waals surface area (Å²) in [6.45, 7) is 0. The van der Waals surface area contributed by atoms with E-state index in [-0.39, 0.29) is 17.4 Å². The van der Waals surface area contributed by atoms with Crippen LogP contribution in [0.2, 0.25) is 0 Å². The molecule has 4 rings (SSSR count). The van der Waals surface area contributed by atoms with Crippen LogP contribution in [0.4, 0.5) is 8.78 Å². The highest BCUT2D eigenvalue weighted by Crippen LogP contribution is 2.39. The fourth-order valence-electron chi connectivity index (χ4n) is 3.50. The zero-order chi connectivity index (χ0) is 17.6. The van der Waals surface area contributed by atoms with E-state index in [0.717, 1.165) is 42.5 Å². The van der Waals surface area contributed by atoms with Gasteiger partial charge in [0.15, 0.2) is 0 Å². The molecule has 0 aromatic heterocycles. The quantitative estimate of drug-likeness (QED) is 0.853. The van der Waals surface area contributed by atoms with Crippen LogP contribution in [0, 0.1) is 17.6 Å². The van der Waals surface area contributed by atoms with Crippen molar-refractivity contribution < 1.29 is 18.4 Å². The van der Waals surface area contributed by atoms with E-state index in [1.807, 2.05) is 6.08 Å². The molecular weight excluding hydrogens is 326 g/mol. The van der Waals surface area contributed by atoms with Crippen molar-refractivity contribution in [2.75, 3.05) is 0 Å². The molecule has 0 bridgehead atoms. The van der Waals surface area contributed by atoms with Gasteiger partial charge in [0.25, 0.3) is 11.8 Å². The number of aliphatic imine (C=N–C) groups is 1. The van der Waals surface area contributed by atoms with Gasteiger partial charge in [0, 0.05) is 23.3 Å². The maximum Gasteiger partial charge on any atom is 0.280 e. The predicted molar refractivity (Wildman–Crippen MR) is 87.9 cm³/mol. The molecule has 1 atom stereocenters. The number of hydrogen-bond acceptors (Lipinski definition) is 2. The summed E-state index contributed by atoms with van der Waals surface area (Å²) in [5, 5.41) is 2.85. The first-order valence-electron chi connectivity index (χ1n) is 8.04. The summed E-state index contributed by atoms with van der Waals surface area (Å²) in [6, 6.07) is 2.72. The number of allylic oxidation sites excluding steroid dienone is 3. The van der Waals surface area contributed by atoms with Crippen molar-refractivity contribution in [2.45, 2.75) is 19.3 Å². The highest BCUT2D eigenvalue weighted by molar-refractivity contribution is 6.14. The van der Waals surface area contributed by atoms with E-state index in [9.17, 15) is 18.4 Å². The first kappa shape index (κ1) is 15.6. The third-order valence-electron chi connectivity index (χ3n) is 4.66. The number of carbonyl (C=O) groups is 2. The van der Waals surface area contributed by atoms with E-state index < -0.39 is 17.5 Å². The minimum absolute atomic E-state index is 0.00630. The maximum absolute atomic E-state index is 13.7. The topological polar surface area (TPSA) is 58.5 Å². The molecule has 1 heterocycles. The molecule has 0 saturated heterocycles. The Morgan fingerprint density at radius 3 is 2.88 bits per heavy atom. The first-order valence-corrected chi connectivity index (χ1v) is 8.04. The SMILES string of the molecule is O=C1NC2=CC(=NC(=O)c3ccc(F)cc3F)C=CC2C2=C1CCC2. The number of halogens is 2. The van der Waals surface area contributed by atoms with Crippen molar-refractivity contribution >= 4 is 17.5 Å². The Labute approximate surface area is 142 Å². The lowest BCUT2D eigenvalue weighted by Crippen LogP contribution is -2.35. The van der Waals surface area contributed by atoms with Gasteiger partial charge in [-0.2, -0.15) is 0 Å². The summed E-state index contributed by atoms with van der Waals surface area (Å²) in [7, 11) is 0. The molecule has 4 nitrogen and oxygen atoms in total. The molecule has 0 saturated carbocycles. The van der Waals surface area contributed by atoms with Crippen LogP contribution in [0.5, 0.6) is 0 Å². The van der Waals surface area contributed by atoms with Crippen LogP contribution in [0.15, 0.2) is 58.3 Å². The molecule has 1 aromatic rings. The van der Waals surface area contributed by atoms with E-state index in [4.69, 9.17) is 0 Å². The number of benzene rings is 1. The summed E-state index contributed by atoms with van der Waals surface area (Å²) >= 11 is 0. The van der Waals surface area contributed by atoms with E-state index in [1.165, 1.54) is 0 Å². The highest BCUT2D eigenvalue weighted by Gasteiger charge is 2.34. The van der Waals surface area contributed by atoms with Crippen LogP contribution in [-0.2, 0) is 4.79 Å². The number of nitrogens with one attached hydrogen (secondary N) is 1. The number of nitrogens with zero attached hydrogens (tertiary/aromatic N) is 1. The number of carbonyl (C=O) groups excluding carboxylic acids is 2. The highest BCUT2D eigenvalue weighted by atomic mass is 19.1. The predicted octanol–water partition coefficient (Wildman–Crippen LogP) is 3.23. The smallest absolute Gasteiger partial charge is 0.280 e.